The third-order valence-electron chi connectivity index (χ3n) is 2.52. The van der Waals surface area contributed by atoms with Crippen LogP contribution in [0.15, 0.2) is 18.3 Å². The van der Waals surface area contributed by atoms with Gasteiger partial charge in [-0.2, -0.15) is 13.2 Å². The summed E-state index contributed by atoms with van der Waals surface area (Å²) in [4.78, 5) is 3.89. The summed E-state index contributed by atoms with van der Waals surface area (Å²) in [6.45, 7) is 2.37. The van der Waals surface area contributed by atoms with Gasteiger partial charge in [-0.15, -0.1) is 0 Å². The van der Waals surface area contributed by atoms with Crippen LogP contribution in [-0.4, -0.2) is 17.7 Å². The van der Waals surface area contributed by atoms with Crippen LogP contribution < -0.4 is 5.32 Å². The molecule has 1 atom stereocenters. The Labute approximate surface area is 103 Å². The van der Waals surface area contributed by atoms with Crippen molar-refractivity contribution in [3.63, 3.8) is 0 Å². The molecule has 0 aliphatic carbocycles. The highest BCUT2D eigenvalue weighted by Gasteiger charge is 2.27. The van der Waals surface area contributed by atoms with E-state index in [4.69, 9.17) is 0 Å². The van der Waals surface area contributed by atoms with E-state index in [-0.39, 0.29) is 18.5 Å². The van der Waals surface area contributed by atoms with Gasteiger partial charge in [-0.1, -0.05) is 6.92 Å². The molecule has 0 aromatic carbocycles. The summed E-state index contributed by atoms with van der Waals surface area (Å²) in [6, 6.07) is 2.24. The van der Waals surface area contributed by atoms with Gasteiger partial charge in [-0.25, -0.2) is 4.39 Å². The number of pyridine rings is 1. The Bertz CT molecular complexity index is 365. The molecule has 0 saturated heterocycles. The summed E-state index contributed by atoms with van der Waals surface area (Å²) >= 11 is 0. The Balaban J connectivity index is 2.63. The minimum Gasteiger partial charge on any atom is -0.309 e. The summed E-state index contributed by atoms with van der Waals surface area (Å²) < 4.78 is 49.7. The van der Waals surface area contributed by atoms with Gasteiger partial charge >= 0.3 is 6.18 Å². The largest absolute Gasteiger partial charge is 0.389 e. The third-order valence-corrected chi connectivity index (χ3v) is 2.52. The normalized spacial score (nSPS) is 13.6. The smallest absolute Gasteiger partial charge is 0.309 e. The van der Waals surface area contributed by atoms with Crippen molar-refractivity contribution in [2.75, 3.05) is 6.54 Å². The fourth-order valence-electron chi connectivity index (χ4n) is 1.74. The summed E-state index contributed by atoms with van der Waals surface area (Å²) in [7, 11) is 0. The third kappa shape index (κ3) is 5.00. The molecule has 0 bridgehead atoms. The number of rotatable bonds is 6. The average molecular weight is 264 g/mol. The fraction of sp³-hybridized carbons (Fsp3) is 0.583. The van der Waals surface area contributed by atoms with Gasteiger partial charge in [0.1, 0.15) is 5.82 Å². The standard InChI is InChI=1S/C12H16F4N2/c1-2-17-10(6-3-7-12(14,15)16)11-9(13)5-4-8-18-11/h4-5,8,10,17H,2-3,6-7H2,1H3. The van der Waals surface area contributed by atoms with Gasteiger partial charge in [0.25, 0.3) is 0 Å². The molecule has 1 aromatic heterocycles. The molecule has 102 valence electrons. The predicted octanol–water partition coefficient (Wildman–Crippen LogP) is 3.60. The van der Waals surface area contributed by atoms with Crippen molar-refractivity contribution in [1.29, 1.82) is 0 Å². The molecule has 0 aliphatic rings. The molecular weight excluding hydrogens is 248 g/mol. The highest BCUT2D eigenvalue weighted by atomic mass is 19.4. The van der Waals surface area contributed by atoms with Gasteiger partial charge in [0, 0.05) is 12.6 Å². The van der Waals surface area contributed by atoms with Gasteiger partial charge in [-0.05, 0) is 31.5 Å². The van der Waals surface area contributed by atoms with Crippen molar-refractivity contribution in [2.24, 2.45) is 0 Å². The second kappa shape index (κ2) is 6.68. The molecule has 1 rings (SSSR count). The van der Waals surface area contributed by atoms with Crippen LogP contribution in [-0.2, 0) is 0 Å². The molecule has 2 nitrogen and oxygen atoms in total. The van der Waals surface area contributed by atoms with Crippen molar-refractivity contribution in [2.45, 2.75) is 38.4 Å². The van der Waals surface area contributed by atoms with Crippen molar-refractivity contribution >= 4 is 0 Å². The zero-order valence-corrected chi connectivity index (χ0v) is 10.1. The fourth-order valence-corrected chi connectivity index (χ4v) is 1.74. The van der Waals surface area contributed by atoms with Crippen molar-refractivity contribution in [3.05, 3.63) is 29.8 Å². The lowest BCUT2D eigenvalue weighted by Crippen LogP contribution is -2.23. The SMILES string of the molecule is CCNC(CCCC(F)(F)F)c1ncccc1F. The number of nitrogens with one attached hydrogen (secondary N) is 1. The van der Waals surface area contributed by atoms with Gasteiger partial charge in [-0.3, -0.25) is 4.98 Å². The zero-order chi connectivity index (χ0) is 13.6. The van der Waals surface area contributed by atoms with Crippen LogP contribution in [0.5, 0.6) is 0 Å². The summed E-state index contributed by atoms with van der Waals surface area (Å²) in [6.07, 6.45) is -3.42. The Kier molecular flexibility index (Phi) is 5.53. The maximum Gasteiger partial charge on any atom is 0.389 e. The Morgan fingerprint density at radius 2 is 2.11 bits per heavy atom. The number of nitrogens with zero attached hydrogens (tertiary/aromatic N) is 1. The van der Waals surface area contributed by atoms with E-state index in [1.807, 2.05) is 6.92 Å². The van der Waals surface area contributed by atoms with Crippen LogP contribution in [0.25, 0.3) is 0 Å². The quantitative estimate of drug-likeness (QED) is 0.794. The van der Waals surface area contributed by atoms with E-state index in [0.29, 0.717) is 6.54 Å². The van der Waals surface area contributed by atoms with Gasteiger partial charge in [0.05, 0.1) is 11.7 Å². The molecule has 0 spiro atoms. The second-order valence-electron chi connectivity index (χ2n) is 3.99. The zero-order valence-electron chi connectivity index (χ0n) is 10.1. The first-order valence-corrected chi connectivity index (χ1v) is 5.84. The lowest BCUT2D eigenvalue weighted by molar-refractivity contribution is -0.135. The molecule has 6 heteroatoms. The first kappa shape index (κ1) is 14.9. The monoisotopic (exact) mass is 264 g/mol. The molecule has 1 heterocycles. The minimum atomic E-state index is -4.17. The first-order chi connectivity index (χ1) is 8.44. The molecule has 18 heavy (non-hydrogen) atoms. The van der Waals surface area contributed by atoms with E-state index < -0.39 is 24.5 Å². The molecule has 0 aliphatic heterocycles. The first-order valence-electron chi connectivity index (χ1n) is 5.84. The van der Waals surface area contributed by atoms with Crippen LogP contribution in [0, 0.1) is 5.82 Å². The Morgan fingerprint density at radius 3 is 2.67 bits per heavy atom. The van der Waals surface area contributed by atoms with Crippen molar-refractivity contribution in [1.82, 2.24) is 10.3 Å². The number of hydrogen-bond acceptors (Lipinski definition) is 2. The van der Waals surface area contributed by atoms with Crippen LogP contribution >= 0.6 is 0 Å². The van der Waals surface area contributed by atoms with Gasteiger partial charge in [0.2, 0.25) is 0 Å². The minimum absolute atomic E-state index is 0.0445. The molecule has 0 amide bonds. The number of aromatic nitrogens is 1. The van der Waals surface area contributed by atoms with E-state index >= 15 is 0 Å². The lowest BCUT2D eigenvalue weighted by Gasteiger charge is -2.18. The van der Waals surface area contributed by atoms with Crippen LogP contribution in [0.4, 0.5) is 17.6 Å². The van der Waals surface area contributed by atoms with Gasteiger partial charge in [0.15, 0.2) is 0 Å². The number of hydrogen-bond donors (Lipinski definition) is 1. The second-order valence-corrected chi connectivity index (χ2v) is 3.99. The lowest BCUT2D eigenvalue weighted by atomic mass is 10.0. The van der Waals surface area contributed by atoms with E-state index in [9.17, 15) is 17.6 Å². The highest BCUT2D eigenvalue weighted by molar-refractivity contribution is 5.11. The summed E-state index contributed by atoms with van der Waals surface area (Å²) in [5.41, 5.74) is 0.182. The molecule has 0 fully saturated rings. The maximum atomic E-state index is 13.5. The molecular formula is C12H16F4N2. The molecule has 1 aromatic rings. The number of halogens is 4. The van der Waals surface area contributed by atoms with E-state index in [1.165, 1.54) is 18.3 Å². The maximum absolute atomic E-state index is 13.5. The van der Waals surface area contributed by atoms with Crippen LogP contribution in [0.1, 0.15) is 37.9 Å². The van der Waals surface area contributed by atoms with E-state index in [0.717, 1.165) is 0 Å². The molecule has 0 radical (unpaired) electrons. The van der Waals surface area contributed by atoms with Crippen molar-refractivity contribution in [3.8, 4) is 0 Å². The average Bonchev–Trinajstić information content (AvgIpc) is 2.27. The highest BCUT2D eigenvalue weighted by Crippen LogP contribution is 2.26. The van der Waals surface area contributed by atoms with Crippen LogP contribution in [0.2, 0.25) is 0 Å². The van der Waals surface area contributed by atoms with Crippen molar-refractivity contribution < 1.29 is 17.6 Å². The Morgan fingerprint density at radius 1 is 1.39 bits per heavy atom. The Hall–Kier alpha value is -1.17. The topological polar surface area (TPSA) is 24.9 Å². The van der Waals surface area contributed by atoms with E-state index in [1.54, 1.807) is 0 Å². The summed E-state index contributed by atoms with van der Waals surface area (Å²) in [5, 5.41) is 2.96. The van der Waals surface area contributed by atoms with Gasteiger partial charge < -0.3 is 5.32 Å². The molecule has 1 unspecified atom stereocenters. The van der Waals surface area contributed by atoms with E-state index in [2.05, 4.69) is 10.3 Å². The number of alkyl halides is 3. The molecule has 1 N–H and O–H groups in total. The van der Waals surface area contributed by atoms with Crippen LogP contribution in [0.3, 0.4) is 0 Å². The predicted molar refractivity (Wildman–Crippen MR) is 60.5 cm³/mol. The summed E-state index contributed by atoms with van der Waals surface area (Å²) in [5.74, 6) is -0.490. The molecule has 0 saturated carbocycles.